The van der Waals surface area contributed by atoms with E-state index in [9.17, 15) is 0 Å². The Morgan fingerprint density at radius 3 is 2.53 bits per heavy atom. The topological polar surface area (TPSA) is 29.5 Å². The zero-order chi connectivity index (χ0) is 11.2. The Labute approximate surface area is 93.0 Å². The van der Waals surface area contributed by atoms with Gasteiger partial charge in [-0.2, -0.15) is 0 Å². The largest absolute Gasteiger partial charge is 0.384 e. The van der Waals surface area contributed by atoms with E-state index in [0.717, 1.165) is 38.7 Å². The third-order valence-corrected chi connectivity index (χ3v) is 1.72. The Kier molecular flexibility index (Phi) is 12.2. The first-order chi connectivity index (χ1) is 7.41. The predicted octanol–water partition coefficient (Wildman–Crippen LogP) is 1.97. The molecule has 0 aromatic rings. The highest BCUT2D eigenvalue weighted by Crippen LogP contribution is 1.94. The summed E-state index contributed by atoms with van der Waals surface area (Å²) in [4.78, 5) is 0. The van der Waals surface area contributed by atoms with E-state index in [1.165, 1.54) is 0 Å². The molecule has 2 heteroatoms. The van der Waals surface area contributed by atoms with Crippen LogP contribution in [0.4, 0.5) is 0 Å². The molecule has 0 unspecified atom stereocenters. The zero-order valence-corrected chi connectivity index (χ0v) is 9.51. The Hall–Kier alpha value is -0.960. The fourth-order valence-corrected chi connectivity index (χ4v) is 0.949. The van der Waals surface area contributed by atoms with E-state index in [1.54, 1.807) is 0 Å². The summed E-state index contributed by atoms with van der Waals surface area (Å²) in [7, 11) is 0. The first kappa shape index (κ1) is 14.0. The van der Waals surface area contributed by atoms with Crippen LogP contribution in [0.5, 0.6) is 0 Å². The molecule has 0 aliphatic heterocycles. The molecule has 0 atom stereocenters. The summed E-state index contributed by atoms with van der Waals surface area (Å²) in [5.74, 6) is 11.5. The van der Waals surface area contributed by atoms with Gasteiger partial charge in [-0.25, -0.2) is 0 Å². The molecule has 0 aliphatic rings. The minimum Gasteiger partial charge on any atom is -0.384 e. The molecule has 2 nitrogen and oxygen atoms in total. The average Bonchev–Trinajstić information content (AvgIpc) is 2.26. The number of hydrogen-bond acceptors (Lipinski definition) is 2. The van der Waals surface area contributed by atoms with E-state index in [-0.39, 0.29) is 6.61 Å². The smallest absolute Gasteiger partial charge is 0.107 e. The molecule has 0 saturated heterocycles. The minimum absolute atomic E-state index is 0.0382. The van der Waals surface area contributed by atoms with Gasteiger partial charge >= 0.3 is 0 Å². The summed E-state index contributed by atoms with van der Waals surface area (Å²) in [6.07, 6.45) is 4.94. The van der Waals surface area contributed by atoms with Crippen molar-refractivity contribution in [2.75, 3.05) is 19.8 Å². The van der Waals surface area contributed by atoms with Crippen molar-refractivity contribution in [3.8, 4) is 23.7 Å². The van der Waals surface area contributed by atoms with Crippen LogP contribution >= 0.6 is 0 Å². The van der Waals surface area contributed by atoms with Crippen LogP contribution in [0.15, 0.2) is 0 Å². The van der Waals surface area contributed by atoms with Crippen LogP contribution in [0.2, 0.25) is 0 Å². The van der Waals surface area contributed by atoms with Gasteiger partial charge in [-0.05, 0) is 19.3 Å². The van der Waals surface area contributed by atoms with Gasteiger partial charge in [0.05, 0.1) is 0 Å². The van der Waals surface area contributed by atoms with Crippen LogP contribution in [0.25, 0.3) is 0 Å². The molecule has 0 spiro atoms. The second-order valence-electron chi connectivity index (χ2n) is 3.12. The monoisotopic (exact) mass is 208 g/mol. The maximum absolute atomic E-state index is 8.40. The van der Waals surface area contributed by atoms with Crippen molar-refractivity contribution in [3.05, 3.63) is 0 Å². The van der Waals surface area contributed by atoms with Crippen LogP contribution < -0.4 is 0 Å². The van der Waals surface area contributed by atoms with Gasteiger partial charge in [0.2, 0.25) is 0 Å². The molecule has 0 aromatic heterocycles. The normalized spacial score (nSPS) is 8.67. The van der Waals surface area contributed by atoms with Crippen LogP contribution in [0.1, 0.15) is 39.0 Å². The second kappa shape index (κ2) is 13.0. The van der Waals surface area contributed by atoms with Crippen molar-refractivity contribution in [1.29, 1.82) is 0 Å². The van der Waals surface area contributed by atoms with Gasteiger partial charge in [-0.3, -0.25) is 0 Å². The molecular formula is C13H20O2. The molecular weight excluding hydrogens is 188 g/mol. The molecule has 0 aliphatic carbocycles. The highest BCUT2D eigenvalue weighted by atomic mass is 16.5. The number of unbranched alkanes of at least 4 members (excludes halogenated alkanes) is 3. The van der Waals surface area contributed by atoms with Gasteiger partial charge in [-0.15, -0.1) is 11.8 Å². The summed E-state index contributed by atoms with van der Waals surface area (Å²) >= 11 is 0. The molecule has 0 heterocycles. The molecule has 0 fully saturated rings. The fourth-order valence-electron chi connectivity index (χ4n) is 0.949. The first-order valence-corrected chi connectivity index (χ1v) is 5.51. The Morgan fingerprint density at radius 1 is 1.00 bits per heavy atom. The Balaban J connectivity index is 3.09. The lowest BCUT2D eigenvalue weighted by molar-refractivity contribution is 0.163. The number of hydrogen-bond donors (Lipinski definition) is 1. The maximum Gasteiger partial charge on any atom is 0.107 e. The van der Waals surface area contributed by atoms with Crippen molar-refractivity contribution >= 4 is 0 Å². The van der Waals surface area contributed by atoms with Crippen molar-refractivity contribution in [2.45, 2.75) is 39.0 Å². The van der Waals surface area contributed by atoms with Crippen molar-refractivity contribution in [1.82, 2.24) is 0 Å². The van der Waals surface area contributed by atoms with Gasteiger partial charge in [-0.1, -0.05) is 18.8 Å². The van der Waals surface area contributed by atoms with Crippen LogP contribution in [0, 0.1) is 23.7 Å². The average molecular weight is 208 g/mol. The zero-order valence-electron chi connectivity index (χ0n) is 9.51. The van der Waals surface area contributed by atoms with E-state index in [4.69, 9.17) is 9.84 Å². The number of aliphatic hydroxyl groups excluding tert-OH is 1. The quantitative estimate of drug-likeness (QED) is 0.534. The molecule has 0 saturated carbocycles. The van der Waals surface area contributed by atoms with E-state index in [1.807, 2.05) is 0 Å². The molecule has 15 heavy (non-hydrogen) atoms. The molecule has 0 aromatic carbocycles. The van der Waals surface area contributed by atoms with E-state index in [0.29, 0.717) is 6.61 Å². The third-order valence-electron chi connectivity index (χ3n) is 1.72. The summed E-state index contributed by atoms with van der Waals surface area (Å²) in [6.45, 7) is 3.37. The second-order valence-corrected chi connectivity index (χ2v) is 3.12. The summed E-state index contributed by atoms with van der Waals surface area (Å²) in [5.41, 5.74) is 0. The number of rotatable bonds is 6. The lowest BCUT2D eigenvalue weighted by Gasteiger charge is -1.97. The van der Waals surface area contributed by atoms with E-state index < -0.39 is 0 Å². The minimum atomic E-state index is -0.0382. The van der Waals surface area contributed by atoms with Crippen molar-refractivity contribution < 1.29 is 9.84 Å². The summed E-state index contributed by atoms with van der Waals surface area (Å²) in [6, 6.07) is 0. The fraction of sp³-hybridized carbons (Fsp3) is 0.692. The highest BCUT2D eigenvalue weighted by molar-refractivity contribution is 4.99. The van der Waals surface area contributed by atoms with E-state index >= 15 is 0 Å². The lowest BCUT2D eigenvalue weighted by Crippen LogP contribution is -1.94. The molecule has 0 rings (SSSR count). The summed E-state index contributed by atoms with van der Waals surface area (Å²) < 4.78 is 5.32. The lowest BCUT2D eigenvalue weighted by atomic mass is 10.2. The Morgan fingerprint density at radius 2 is 1.80 bits per heavy atom. The SMILES string of the molecule is CCCC#CCOCCCCC#CCO. The van der Waals surface area contributed by atoms with Gasteiger partial charge in [0.25, 0.3) is 0 Å². The highest BCUT2D eigenvalue weighted by Gasteiger charge is 1.86. The van der Waals surface area contributed by atoms with Crippen LogP contribution in [0.3, 0.4) is 0 Å². The predicted molar refractivity (Wildman–Crippen MR) is 62.2 cm³/mol. The first-order valence-electron chi connectivity index (χ1n) is 5.51. The van der Waals surface area contributed by atoms with Gasteiger partial charge in [0.15, 0.2) is 0 Å². The standard InChI is InChI=1S/C13H20O2/c1-2-3-4-9-12-15-13-10-7-5-6-8-11-14/h14H,2-3,5,7,10-13H2,1H3. The molecule has 0 bridgehead atoms. The molecule has 84 valence electrons. The van der Waals surface area contributed by atoms with E-state index in [2.05, 4.69) is 30.6 Å². The Bertz CT molecular complexity index is 237. The van der Waals surface area contributed by atoms with Gasteiger partial charge in [0.1, 0.15) is 13.2 Å². The van der Waals surface area contributed by atoms with Crippen molar-refractivity contribution in [2.24, 2.45) is 0 Å². The van der Waals surface area contributed by atoms with Gasteiger partial charge in [0, 0.05) is 19.4 Å². The number of ether oxygens (including phenoxy) is 1. The summed E-state index contributed by atoms with van der Waals surface area (Å²) in [5, 5.41) is 8.40. The van der Waals surface area contributed by atoms with Crippen LogP contribution in [-0.4, -0.2) is 24.9 Å². The molecule has 0 radical (unpaired) electrons. The maximum atomic E-state index is 8.40. The van der Waals surface area contributed by atoms with Crippen molar-refractivity contribution in [3.63, 3.8) is 0 Å². The molecule has 1 N–H and O–H groups in total. The third kappa shape index (κ3) is 13.0. The van der Waals surface area contributed by atoms with Crippen LogP contribution in [-0.2, 0) is 4.74 Å². The van der Waals surface area contributed by atoms with Gasteiger partial charge < -0.3 is 9.84 Å². The molecule has 0 amide bonds. The number of aliphatic hydroxyl groups is 1.